The average molecular weight is 545 g/mol. The van der Waals surface area contributed by atoms with Crippen LogP contribution in [-0.2, 0) is 5.41 Å². The maximum atomic E-state index is 13.5. The van der Waals surface area contributed by atoms with Gasteiger partial charge in [0.25, 0.3) is 0 Å². The summed E-state index contributed by atoms with van der Waals surface area (Å²) in [4.78, 5) is 18.0. The molecule has 2 aromatic carbocycles. The summed E-state index contributed by atoms with van der Waals surface area (Å²) >= 11 is 5.89. The van der Waals surface area contributed by atoms with Gasteiger partial charge in [-0.05, 0) is 101 Å². The van der Waals surface area contributed by atoms with Crippen LogP contribution in [0.3, 0.4) is 0 Å². The number of nitrogens with one attached hydrogen (secondary N) is 2. The van der Waals surface area contributed by atoms with Crippen molar-refractivity contribution in [3.8, 4) is 11.5 Å². The van der Waals surface area contributed by atoms with Gasteiger partial charge in [0.15, 0.2) is 11.5 Å². The van der Waals surface area contributed by atoms with Crippen molar-refractivity contribution in [1.29, 1.82) is 0 Å². The number of halogens is 2. The van der Waals surface area contributed by atoms with Crippen LogP contribution in [-0.4, -0.2) is 74.9 Å². The molecule has 2 N–H and O–H groups in total. The Hall–Kier alpha value is -2.55. The summed E-state index contributed by atoms with van der Waals surface area (Å²) in [6, 6.07) is 11.2. The molecule has 9 heteroatoms. The number of ether oxygens (including phenoxy) is 2. The van der Waals surface area contributed by atoms with Gasteiger partial charge in [0, 0.05) is 29.2 Å². The van der Waals surface area contributed by atoms with Crippen LogP contribution in [0.1, 0.15) is 44.1 Å². The maximum absolute atomic E-state index is 13.5. The molecule has 5 rings (SSSR count). The molecular weight excluding hydrogens is 507 g/mol. The second-order valence-electron chi connectivity index (χ2n) is 11.0. The van der Waals surface area contributed by atoms with E-state index < -0.39 is 5.82 Å². The van der Waals surface area contributed by atoms with Gasteiger partial charge in [0.05, 0.1) is 19.2 Å². The van der Waals surface area contributed by atoms with E-state index in [0.717, 1.165) is 56.8 Å². The van der Waals surface area contributed by atoms with Crippen LogP contribution >= 0.6 is 11.6 Å². The number of piperidine rings is 1. The van der Waals surface area contributed by atoms with Crippen molar-refractivity contribution in [3.05, 3.63) is 52.8 Å². The molecule has 7 nitrogen and oxygen atoms in total. The Morgan fingerprint density at radius 2 is 1.79 bits per heavy atom. The van der Waals surface area contributed by atoms with E-state index in [1.807, 2.05) is 6.07 Å². The Kier molecular flexibility index (Phi) is 8.03. The van der Waals surface area contributed by atoms with Crippen LogP contribution in [0.4, 0.5) is 14.9 Å². The summed E-state index contributed by atoms with van der Waals surface area (Å²) in [5.41, 5.74) is 1.76. The van der Waals surface area contributed by atoms with Gasteiger partial charge in [-0.25, -0.2) is 9.18 Å². The van der Waals surface area contributed by atoms with Gasteiger partial charge in [-0.2, -0.15) is 0 Å². The fraction of sp³-hybridized carbons (Fsp3) is 0.552. The minimum atomic E-state index is -0.508. The van der Waals surface area contributed by atoms with Gasteiger partial charge >= 0.3 is 6.03 Å². The number of rotatable bonds is 6. The Labute approximate surface area is 229 Å². The molecule has 1 saturated carbocycles. The number of benzene rings is 2. The molecular formula is C29H38ClFN4O3. The lowest BCUT2D eigenvalue weighted by Crippen LogP contribution is -2.56. The van der Waals surface area contributed by atoms with Gasteiger partial charge in [-0.3, -0.25) is 4.90 Å². The van der Waals surface area contributed by atoms with E-state index in [4.69, 9.17) is 21.1 Å². The van der Waals surface area contributed by atoms with E-state index in [1.54, 1.807) is 14.2 Å². The largest absolute Gasteiger partial charge is 0.493 e. The predicted molar refractivity (Wildman–Crippen MR) is 148 cm³/mol. The molecule has 3 atom stereocenters. The van der Waals surface area contributed by atoms with Gasteiger partial charge < -0.3 is 25.0 Å². The molecule has 2 amide bonds. The first-order chi connectivity index (χ1) is 18.3. The molecule has 206 valence electrons. The Morgan fingerprint density at radius 3 is 2.50 bits per heavy atom. The second-order valence-corrected chi connectivity index (χ2v) is 11.4. The summed E-state index contributed by atoms with van der Waals surface area (Å²) in [6.45, 7) is 3.28. The molecule has 2 saturated heterocycles. The highest BCUT2D eigenvalue weighted by molar-refractivity contribution is 6.31. The zero-order chi connectivity index (χ0) is 26.9. The maximum Gasteiger partial charge on any atom is 0.319 e. The number of fused-ring (bicyclic) bond motifs is 1. The second kappa shape index (κ2) is 11.3. The van der Waals surface area contributed by atoms with Crippen LogP contribution in [0.5, 0.6) is 11.5 Å². The van der Waals surface area contributed by atoms with Crippen molar-refractivity contribution in [1.82, 2.24) is 15.1 Å². The van der Waals surface area contributed by atoms with Crippen molar-refractivity contribution in [2.75, 3.05) is 46.2 Å². The third-order valence-corrected chi connectivity index (χ3v) is 9.22. The molecule has 0 bridgehead atoms. The Morgan fingerprint density at radius 1 is 1.03 bits per heavy atom. The molecule has 2 heterocycles. The van der Waals surface area contributed by atoms with E-state index in [1.165, 1.54) is 36.6 Å². The van der Waals surface area contributed by atoms with Crippen molar-refractivity contribution in [2.24, 2.45) is 0 Å². The minimum Gasteiger partial charge on any atom is -0.493 e. The Balaban J connectivity index is 1.37. The zero-order valence-corrected chi connectivity index (χ0v) is 23.2. The number of carbonyl (C=O) groups is 1. The molecule has 0 aromatic heterocycles. The lowest BCUT2D eigenvalue weighted by molar-refractivity contribution is 0.0673. The molecule has 2 aromatic rings. The lowest BCUT2D eigenvalue weighted by Gasteiger charge is -2.48. The number of hydrogen-bond donors (Lipinski definition) is 2. The highest BCUT2D eigenvalue weighted by atomic mass is 35.5. The Bertz CT molecular complexity index is 1160. The van der Waals surface area contributed by atoms with Crippen LogP contribution < -0.4 is 20.1 Å². The van der Waals surface area contributed by atoms with Crippen molar-refractivity contribution in [3.63, 3.8) is 0 Å². The normalized spacial score (nSPS) is 26.6. The third-order valence-electron chi connectivity index (χ3n) is 8.93. The van der Waals surface area contributed by atoms with E-state index in [9.17, 15) is 9.18 Å². The summed E-state index contributed by atoms with van der Waals surface area (Å²) in [7, 11) is 5.55. The minimum absolute atomic E-state index is 0.00202. The monoisotopic (exact) mass is 544 g/mol. The van der Waals surface area contributed by atoms with E-state index in [-0.39, 0.29) is 22.5 Å². The van der Waals surface area contributed by atoms with Gasteiger partial charge in [-0.1, -0.05) is 17.7 Å². The number of nitrogens with zero attached hydrogens (tertiary/aromatic N) is 2. The summed E-state index contributed by atoms with van der Waals surface area (Å²) in [5.74, 6) is 0.988. The molecule has 1 aliphatic carbocycles. The smallest absolute Gasteiger partial charge is 0.319 e. The van der Waals surface area contributed by atoms with Gasteiger partial charge in [-0.15, -0.1) is 0 Å². The number of likely N-dealkylation sites (tertiary alicyclic amines) is 2. The SMILES string of the molecule is COc1ccc([C@@]23CC[C@@H](NC(=O)Nc4ccc(F)c(Cl)c4)C[C@@H]2N(C2CCN(C)CC2)CC3)cc1OC. The number of carbonyl (C=O) groups excluding carboxylic acids is 1. The fourth-order valence-electron chi connectivity index (χ4n) is 6.89. The van der Waals surface area contributed by atoms with Crippen molar-refractivity contribution in [2.45, 2.75) is 62.1 Å². The highest BCUT2D eigenvalue weighted by Gasteiger charge is 2.53. The van der Waals surface area contributed by atoms with Gasteiger partial charge in [0.2, 0.25) is 0 Å². The molecule has 3 aliphatic rings. The highest BCUT2D eigenvalue weighted by Crippen LogP contribution is 2.51. The predicted octanol–water partition coefficient (Wildman–Crippen LogP) is 5.28. The molecule has 38 heavy (non-hydrogen) atoms. The van der Waals surface area contributed by atoms with Crippen LogP contribution in [0, 0.1) is 5.82 Å². The number of amides is 2. The van der Waals surface area contributed by atoms with Crippen LogP contribution in [0.2, 0.25) is 5.02 Å². The van der Waals surface area contributed by atoms with Crippen molar-refractivity contribution < 1.29 is 18.7 Å². The molecule has 0 unspecified atom stereocenters. The lowest BCUT2D eigenvalue weighted by atomic mass is 9.65. The quantitative estimate of drug-likeness (QED) is 0.518. The first kappa shape index (κ1) is 27.0. The van der Waals surface area contributed by atoms with E-state index in [0.29, 0.717) is 17.8 Å². The van der Waals surface area contributed by atoms with Crippen molar-refractivity contribution >= 4 is 23.3 Å². The number of methoxy groups -OCH3 is 2. The first-order valence-electron chi connectivity index (χ1n) is 13.5. The zero-order valence-electron chi connectivity index (χ0n) is 22.4. The standard InChI is InChI=1S/C29H38ClFN4O3/c1-34-13-9-22(10-14-34)35-15-12-29(19-4-7-25(37-2)26(16-19)38-3)11-8-21(18-27(29)35)33-28(36)32-20-5-6-24(31)23(30)17-20/h4-7,16-17,21-22,27H,8-15,18H2,1-3H3,(H2,32,33,36)/t21-,27+,29+/m1/s1. The number of urea groups is 1. The molecule has 0 radical (unpaired) electrons. The molecule has 2 aliphatic heterocycles. The summed E-state index contributed by atoms with van der Waals surface area (Å²) < 4.78 is 24.7. The number of hydrogen-bond acceptors (Lipinski definition) is 5. The molecule has 0 spiro atoms. The first-order valence-corrected chi connectivity index (χ1v) is 13.9. The fourth-order valence-corrected chi connectivity index (χ4v) is 7.07. The van der Waals surface area contributed by atoms with Crippen LogP contribution in [0.15, 0.2) is 36.4 Å². The van der Waals surface area contributed by atoms with Crippen LogP contribution in [0.25, 0.3) is 0 Å². The van der Waals surface area contributed by atoms with E-state index >= 15 is 0 Å². The summed E-state index contributed by atoms with van der Waals surface area (Å²) in [5, 5.41) is 5.99. The van der Waals surface area contributed by atoms with E-state index in [2.05, 4.69) is 39.6 Å². The summed E-state index contributed by atoms with van der Waals surface area (Å²) in [6.07, 6.45) is 6.15. The average Bonchev–Trinajstić information content (AvgIpc) is 3.30. The number of anilines is 1. The third kappa shape index (κ3) is 5.31. The molecule has 3 fully saturated rings. The topological polar surface area (TPSA) is 66.1 Å². The van der Waals surface area contributed by atoms with Gasteiger partial charge in [0.1, 0.15) is 5.82 Å².